The maximum absolute atomic E-state index is 10.1. The number of hydrogen-bond donors (Lipinski definition) is 3. The van der Waals surface area contributed by atoms with Crippen LogP contribution < -0.4 is 11.1 Å². The van der Waals surface area contributed by atoms with Crippen molar-refractivity contribution < 1.29 is 5.11 Å². The van der Waals surface area contributed by atoms with Crippen molar-refractivity contribution in [1.29, 1.82) is 0 Å². The standard InChI is InChI=1S/C15H24N4OS/c1-3-9-10(4-2)18-19-15(13(9)14(16)21)17-11-7-5-6-8-12(11)20/h11-12,20H,3-8H2,1-2H3,(H2,16,21)(H,17,19). The SMILES string of the molecule is CCc1nnc(NC2CCCCC2O)c(C(N)=S)c1CC. The molecule has 2 rings (SSSR count). The van der Waals surface area contributed by atoms with Crippen LogP contribution in [0.15, 0.2) is 0 Å². The summed E-state index contributed by atoms with van der Waals surface area (Å²) in [6, 6.07) is -0.00154. The van der Waals surface area contributed by atoms with E-state index in [2.05, 4.69) is 22.4 Å². The zero-order valence-electron chi connectivity index (χ0n) is 12.7. The third-order valence-corrected chi connectivity index (χ3v) is 4.35. The Hall–Kier alpha value is -1.27. The number of hydrogen-bond acceptors (Lipinski definition) is 5. The number of thiocarbonyl (C=S) groups is 1. The van der Waals surface area contributed by atoms with Gasteiger partial charge in [-0.2, -0.15) is 5.10 Å². The van der Waals surface area contributed by atoms with Gasteiger partial charge in [0, 0.05) is 0 Å². The molecule has 0 saturated heterocycles. The van der Waals surface area contributed by atoms with E-state index in [-0.39, 0.29) is 12.1 Å². The fourth-order valence-electron chi connectivity index (χ4n) is 2.99. The van der Waals surface area contributed by atoms with E-state index in [1.54, 1.807) is 0 Å². The Morgan fingerprint density at radius 2 is 2.00 bits per heavy atom. The Bertz CT molecular complexity index is 521. The van der Waals surface area contributed by atoms with Crippen molar-refractivity contribution in [3.63, 3.8) is 0 Å². The highest BCUT2D eigenvalue weighted by molar-refractivity contribution is 7.80. The van der Waals surface area contributed by atoms with Gasteiger partial charge < -0.3 is 16.2 Å². The number of aliphatic hydroxyl groups excluding tert-OH is 1. The van der Waals surface area contributed by atoms with Gasteiger partial charge in [0.15, 0.2) is 5.82 Å². The lowest BCUT2D eigenvalue weighted by Crippen LogP contribution is -2.37. The first-order chi connectivity index (χ1) is 10.1. The molecule has 0 aliphatic heterocycles. The average Bonchev–Trinajstić information content (AvgIpc) is 2.48. The molecule has 5 nitrogen and oxygen atoms in total. The number of nitrogens with zero attached hydrogens (tertiary/aromatic N) is 2. The van der Waals surface area contributed by atoms with E-state index < -0.39 is 0 Å². The van der Waals surface area contributed by atoms with E-state index in [0.717, 1.165) is 55.3 Å². The van der Waals surface area contributed by atoms with E-state index in [4.69, 9.17) is 18.0 Å². The van der Waals surface area contributed by atoms with Crippen LogP contribution >= 0.6 is 12.2 Å². The van der Waals surface area contributed by atoms with Crippen LogP contribution in [0.4, 0.5) is 5.82 Å². The highest BCUT2D eigenvalue weighted by Gasteiger charge is 2.25. The van der Waals surface area contributed by atoms with Gasteiger partial charge in [-0.3, -0.25) is 0 Å². The molecule has 1 aromatic heterocycles. The molecule has 2 atom stereocenters. The lowest BCUT2D eigenvalue weighted by atomic mass is 9.92. The van der Waals surface area contributed by atoms with Crippen molar-refractivity contribution in [2.45, 2.75) is 64.5 Å². The molecule has 6 heteroatoms. The summed E-state index contributed by atoms with van der Waals surface area (Å²) >= 11 is 5.22. The normalized spacial score (nSPS) is 22.0. The molecule has 1 aliphatic rings. The lowest BCUT2D eigenvalue weighted by Gasteiger charge is -2.29. The average molecular weight is 308 g/mol. The van der Waals surface area contributed by atoms with Crippen molar-refractivity contribution in [2.75, 3.05) is 5.32 Å². The molecule has 1 aliphatic carbocycles. The number of nitrogens with one attached hydrogen (secondary N) is 1. The van der Waals surface area contributed by atoms with Gasteiger partial charge in [0.05, 0.1) is 23.4 Å². The Labute approximate surface area is 131 Å². The zero-order chi connectivity index (χ0) is 15.4. The molecule has 0 aromatic carbocycles. The minimum Gasteiger partial charge on any atom is -0.391 e. The van der Waals surface area contributed by atoms with E-state index in [0.29, 0.717) is 10.8 Å². The van der Waals surface area contributed by atoms with Gasteiger partial charge in [-0.05, 0) is 31.2 Å². The second-order valence-electron chi connectivity index (χ2n) is 5.52. The number of nitrogens with two attached hydrogens (primary N) is 1. The quantitative estimate of drug-likeness (QED) is 0.721. The Balaban J connectivity index is 2.36. The zero-order valence-corrected chi connectivity index (χ0v) is 13.5. The summed E-state index contributed by atoms with van der Waals surface area (Å²) in [6.45, 7) is 4.11. The molecule has 1 heterocycles. The van der Waals surface area contributed by atoms with Crippen LogP contribution in [0.25, 0.3) is 0 Å². The maximum Gasteiger partial charge on any atom is 0.159 e. The molecular weight excluding hydrogens is 284 g/mol. The Morgan fingerprint density at radius 1 is 1.29 bits per heavy atom. The van der Waals surface area contributed by atoms with E-state index >= 15 is 0 Å². The first-order valence-electron chi connectivity index (χ1n) is 7.71. The minimum atomic E-state index is -0.351. The fourth-order valence-corrected chi connectivity index (χ4v) is 3.21. The summed E-state index contributed by atoms with van der Waals surface area (Å²) in [6.07, 6.45) is 5.19. The predicted molar refractivity (Wildman–Crippen MR) is 88.6 cm³/mol. The summed E-state index contributed by atoms with van der Waals surface area (Å²) in [7, 11) is 0. The van der Waals surface area contributed by atoms with Gasteiger partial charge in [0.2, 0.25) is 0 Å². The van der Waals surface area contributed by atoms with Gasteiger partial charge in [-0.25, -0.2) is 0 Å². The van der Waals surface area contributed by atoms with E-state index in [1.807, 2.05) is 6.92 Å². The van der Waals surface area contributed by atoms with Crippen molar-refractivity contribution >= 4 is 23.0 Å². The topological polar surface area (TPSA) is 84.1 Å². The number of aliphatic hydroxyl groups is 1. The second-order valence-corrected chi connectivity index (χ2v) is 5.96. The molecule has 4 N–H and O–H groups in total. The molecule has 0 amide bonds. The summed E-state index contributed by atoms with van der Waals surface area (Å²) in [5.74, 6) is 0.613. The van der Waals surface area contributed by atoms with Crippen molar-refractivity contribution in [1.82, 2.24) is 10.2 Å². The molecule has 21 heavy (non-hydrogen) atoms. The minimum absolute atomic E-state index is 0.00154. The van der Waals surface area contributed by atoms with Crippen LogP contribution in [-0.4, -0.2) is 32.4 Å². The summed E-state index contributed by atoms with van der Waals surface area (Å²) in [5, 5.41) is 22.0. The largest absolute Gasteiger partial charge is 0.391 e. The van der Waals surface area contributed by atoms with Crippen LogP contribution in [0, 0.1) is 0 Å². The monoisotopic (exact) mass is 308 g/mol. The van der Waals surface area contributed by atoms with Crippen LogP contribution in [0.3, 0.4) is 0 Å². The number of aromatic nitrogens is 2. The Morgan fingerprint density at radius 3 is 2.57 bits per heavy atom. The highest BCUT2D eigenvalue weighted by atomic mass is 32.1. The third-order valence-electron chi connectivity index (χ3n) is 4.14. The molecule has 0 radical (unpaired) electrons. The molecule has 0 bridgehead atoms. The first-order valence-corrected chi connectivity index (χ1v) is 8.12. The van der Waals surface area contributed by atoms with Crippen molar-refractivity contribution in [3.8, 4) is 0 Å². The van der Waals surface area contributed by atoms with Crippen LogP contribution in [0.1, 0.15) is 56.4 Å². The molecule has 116 valence electrons. The summed E-state index contributed by atoms with van der Waals surface area (Å²) in [5.41, 5.74) is 8.71. The number of rotatable bonds is 5. The molecule has 2 unspecified atom stereocenters. The van der Waals surface area contributed by atoms with Gasteiger partial charge in [0.25, 0.3) is 0 Å². The van der Waals surface area contributed by atoms with Crippen LogP contribution in [0.5, 0.6) is 0 Å². The maximum atomic E-state index is 10.1. The smallest absolute Gasteiger partial charge is 0.159 e. The van der Waals surface area contributed by atoms with Crippen LogP contribution in [0.2, 0.25) is 0 Å². The highest BCUT2D eigenvalue weighted by Crippen LogP contribution is 2.26. The predicted octanol–water partition coefficient (Wildman–Crippen LogP) is 1.95. The van der Waals surface area contributed by atoms with Crippen molar-refractivity contribution in [3.05, 3.63) is 16.8 Å². The van der Waals surface area contributed by atoms with E-state index in [1.165, 1.54) is 0 Å². The van der Waals surface area contributed by atoms with E-state index in [9.17, 15) is 5.11 Å². The summed E-state index contributed by atoms with van der Waals surface area (Å²) in [4.78, 5) is 0.337. The van der Waals surface area contributed by atoms with Gasteiger partial charge >= 0.3 is 0 Å². The molecule has 0 spiro atoms. The Kier molecular flexibility index (Phi) is 5.47. The molecule has 1 saturated carbocycles. The third kappa shape index (κ3) is 3.49. The lowest BCUT2D eigenvalue weighted by molar-refractivity contribution is 0.116. The molecule has 1 fully saturated rings. The second kappa shape index (κ2) is 7.13. The fraction of sp³-hybridized carbons (Fsp3) is 0.667. The van der Waals surface area contributed by atoms with Crippen LogP contribution in [-0.2, 0) is 12.8 Å². The molecular formula is C15H24N4OS. The summed E-state index contributed by atoms with van der Waals surface area (Å²) < 4.78 is 0. The number of aryl methyl sites for hydroxylation is 1. The van der Waals surface area contributed by atoms with Crippen molar-refractivity contribution in [2.24, 2.45) is 5.73 Å². The molecule has 1 aromatic rings. The number of anilines is 1. The van der Waals surface area contributed by atoms with Gasteiger partial charge in [0.1, 0.15) is 4.99 Å². The van der Waals surface area contributed by atoms with Gasteiger partial charge in [-0.15, -0.1) is 5.10 Å². The first kappa shape index (κ1) is 16.1. The van der Waals surface area contributed by atoms with Gasteiger partial charge in [-0.1, -0.05) is 38.9 Å².